The van der Waals surface area contributed by atoms with E-state index >= 15 is 0 Å². The van der Waals surface area contributed by atoms with Gasteiger partial charge in [-0.1, -0.05) is 87.2 Å². The van der Waals surface area contributed by atoms with Crippen LogP contribution < -0.4 is 0 Å². The minimum absolute atomic E-state index is 1.14. The maximum atomic E-state index is 3.75. The maximum absolute atomic E-state index is 3.75. The fraction of sp³-hybridized carbons (Fsp3) is 0.333. The van der Waals surface area contributed by atoms with Crippen molar-refractivity contribution in [1.29, 1.82) is 0 Å². The summed E-state index contributed by atoms with van der Waals surface area (Å²) >= 11 is 0. The van der Waals surface area contributed by atoms with Crippen LogP contribution in [0, 0.1) is 13.8 Å². The van der Waals surface area contributed by atoms with E-state index < -0.39 is 0 Å². The molecule has 2 rings (SSSR count). The molecular weight excluding hydrogens is 302 g/mol. The zero-order valence-electron chi connectivity index (χ0n) is 16.4. The second-order valence-electron chi connectivity index (χ2n) is 6.29. The first-order valence-corrected chi connectivity index (χ1v) is 9.17. The molecule has 0 fully saturated rings. The molecule has 2 aromatic rings. The molecule has 0 saturated heterocycles. The molecule has 0 atom stereocenters. The molecule has 0 aromatic heterocycles. The van der Waals surface area contributed by atoms with Crippen molar-refractivity contribution in [2.45, 2.75) is 34.1 Å². The molecule has 0 saturated carbocycles. The van der Waals surface area contributed by atoms with Crippen LogP contribution in [0.4, 0.5) is 0 Å². The molecule has 1 heteroatoms. The molecule has 0 bridgehead atoms. The van der Waals surface area contributed by atoms with Gasteiger partial charge in [0.05, 0.1) is 0 Å². The Kier molecular flexibility index (Phi) is 9.57. The first kappa shape index (κ1) is 20.9. The molecular formula is C24H33N. The molecule has 0 spiro atoms. The molecule has 0 heterocycles. The quantitative estimate of drug-likeness (QED) is 0.585. The number of hydrogen-bond acceptors (Lipinski definition) is 1. The number of aryl methyl sites for hydroxylation is 2. The molecule has 0 radical (unpaired) electrons. The highest BCUT2D eigenvalue weighted by Gasteiger charge is 1.99. The summed E-state index contributed by atoms with van der Waals surface area (Å²) in [7, 11) is 0. The van der Waals surface area contributed by atoms with Crippen molar-refractivity contribution in [1.82, 2.24) is 4.90 Å². The van der Waals surface area contributed by atoms with Crippen molar-refractivity contribution in [3.8, 4) is 0 Å². The average molecular weight is 336 g/mol. The number of likely N-dealkylation sites (N-methyl/N-ethyl adjacent to an activating group) is 1. The maximum Gasteiger partial charge on any atom is 0.00216 e. The molecule has 0 aliphatic heterocycles. The summed E-state index contributed by atoms with van der Waals surface area (Å²) in [5, 5.41) is 0. The molecule has 0 unspecified atom stereocenters. The summed E-state index contributed by atoms with van der Waals surface area (Å²) in [5.74, 6) is 0. The molecule has 0 aliphatic carbocycles. The number of hydrogen-bond donors (Lipinski definition) is 0. The molecule has 2 aromatic carbocycles. The van der Waals surface area contributed by atoms with Gasteiger partial charge in [-0.25, -0.2) is 0 Å². The lowest BCUT2D eigenvalue weighted by Crippen LogP contribution is -2.25. The summed E-state index contributed by atoms with van der Waals surface area (Å²) in [5.41, 5.74) is 6.44. The highest BCUT2D eigenvalue weighted by atomic mass is 15.1. The third-order valence-electron chi connectivity index (χ3n) is 4.47. The van der Waals surface area contributed by atoms with Gasteiger partial charge < -0.3 is 4.90 Å². The SMILES string of the molecule is C=Cc1ccc(C)cc1C.C=Cc1ccc(CCN(CC)CC)cc1. The monoisotopic (exact) mass is 335 g/mol. The Bertz CT molecular complexity index is 648. The zero-order chi connectivity index (χ0) is 18.7. The van der Waals surface area contributed by atoms with E-state index in [1.165, 1.54) is 27.8 Å². The third kappa shape index (κ3) is 7.53. The van der Waals surface area contributed by atoms with Gasteiger partial charge in [0.25, 0.3) is 0 Å². The van der Waals surface area contributed by atoms with E-state index in [9.17, 15) is 0 Å². The van der Waals surface area contributed by atoms with Gasteiger partial charge in [0.2, 0.25) is 0 Å². The Balaban J connectivity index is 0.000000271. The van der Waals surface area contributed by atoms with Crippen LogP contribution in [0.3, 0.4) is 0 Å². The molecule has 0 amide bonds. The van der Waals surface area contributed by atoms with E-state index in [1.54, 1.807) is 0 Å². The van der Waals surface area contributed by atoms with Crippen LogP contribution in [-0.2, 0) is 6.42 Å². The summed E-state index contributed by atoms with van der Waals surface area (Å²) in [6.07, 6.45) is 4.90. The van der Waals surface area contributed by atoms with E-state index in [0.29, 0.717) is 0 Å². The highest BCUT2D eigenvalue weighted by Crippen LogP contribution is 2.10. The van der Waals surface area contributed by atoms with Crippen LogP contribution in [0.25, 0.3) is 12.2 Å². The van der Waals surface area contributed by atoms with E-state index in [1.807, 2.05) is 12.2 Å². The molecule has 25 heavy (non-hydrogen) atoms. The second-order valence-corrected chi connectivity index (χ2v) is 6.29. The lowest BCUT2D eigenvalue weighted by molar-refractivity contribution is 0.308. The van der Waals surface area contributed by atoms with E-state index in [2.05, 4.69) is 88.2 Å². The van der Waals surface area contributed by atoms with Crippen molar-refractivity contribution in [3.05, 3.63) is 83.4 Å². The van der Waals surface area contributed by atoms with Crippen LogP contribution in [0.5, 0.6) is 0 Å². The summed E-state index contributed by atoms with van der Waals surface area (Å²) in [6, 6.07) is 15.0. The van der Waals surface area contributed by atoms with Gasteiger partial charge >= 0.3 is 0 Å². The molecule has 0 N–H and O–H groups in total. The van der Waals surface area contributed by atoms with E-state index in [-0.39, 0.29) is 0 Å². The van der Waals surface area contributed by atoms with Gasteiger partial charge in [0.1, 0.15) is 0 Å². The van der Waals surface area contributed by atoms with Crippen LogP contribution in [0.2, 0.25) is 0 Å². The van der Waals surface area contributed by atoms with Crippen LogP contribution in [-0.4, -0.2) is 24.5 Å². The summed E-state index contributed by atoms with van der Waals surface area (Å²) in [4.78, 5) is 2.45. The van der Waals surface area contributed by atoms with E-state index in [4.69, 9.17) is 0 Å². The first-order chi connectivity index (χ1) is 12.0. The van der Waals surface area contributed by atoms with Crippen molar-refractivity contribution >= 4 is 12.2 Å². The largest absolute Gasteiger partial charge is 0.304 e. The Hall–Kier alpha value is -2.12. The van der Waals surface area contributed by atoms with Gasteiger partial charge in [-0.05, 0) is 55.6 Å². The number of nitrogens with zero attached hydrogens (tertiary/aromatic N) is 1. The Morgan fingerprint density at radius 1 is 0.880 bits per heavy atom. The molecule has 1 nitrogen and oxygen atoms in total. The van der Waals surface area contributed by atoms with E-state index in [0.717, 1.165) is 26.1 Å². The van der Waals surface area contributed by atoms with Gasteiger partial charge in [0, 0.05) is 6.54 Å². The van der Waals surface area contributed by atoms with Gasteiger partial charge in [0.15, 0.2) is 0 Å². The standard InChI is InChI=1S/C14H21N.C10H12/c1-4-13-7-9-14(10-8-13)11-12-15(5-2)6-3;1-4-10-6-5-8(2)7-9(10)3/h4,7-10H,1,5-6,11-12H2,2-3H3;4-7H,1H2,2-3H3. The fourth-order valence-electron chi connectivity index (χ4n) is 2.70. The lowest BCUT2D eigenvalue weighted by atomic mass is 10.1. The Labute approximate surface area is 154 Å². The van der Waals surface area contributed by atoms with Crippen LogP contribution >= 0.6 is 0 Å². The van der Waals surface area contributed by atoms with Crippen LogP contribution in [0.15, 0.2) is 55.6 Å². The average Bonchev–Trinajstić information content (AvgIpc) is 2.64. The predicted octanol–water partition coefficient (Wildman–Crippen LogP) is 6.16. The summed E-state index contributed by atoms with van der Waals surface area (Å²) in [6.45, 7) is 19.5. The van der Waals surface area contributed by atoms with Crippen molar-refractivity contribution in [2.24, 2.45) is 0 Å². The second kappa shape index (κ2) is 11.4. The fourth-order valence-corrected chi connectivity index (χ4v) is 2.70. The van der Waals surface area contributed by atoms with Crippen molar-refractivity contribution in [2.75, 3.05) is 19.6 Å². The first-order valence-electron chi connectivity index (χ1n) is 9.17. The number of benzene rings is 2. The number of rotatable bonds is 7. The molecule has 134 valence electrons. The minimum Gasteiger partial charge on any atom is -0.304 e. The Morgan fingerprint density at radius 3 is 2.00 bits per heavy atom. The van der Waals surface area contributed by atoms with Gasteiger partial charge in [-0.15, -0.1) is 0 Å². The van der Waals surface area contributed by atoms with Crippen LogP contribution in [0.1, 0.15) is 41.7 Å². The topological polar surface area (TPSA) is 3.24 Å². The van der Waals surface area contributed by atoms with Gasteiger partial charge in [-0.3, -0.25) is 0 Å². The third-order valence-corrected chi connectivity index (χ3v) is 4.47. The highest BCUT2D eigenvalue weighted by molar-refractivity contribution is 5.52. The smallest absolute Gasteiger partial charge is 0.00216 e. The van der Waals surface area contributed by atoms with Crippen molar-refractivity contribution in [3.63, 3.8) is 0 Å². The normalized spacial score (nSPS) is 10.1. The lowest BCUT2D eigenvalue weighted by Gasteiger charge is -2.17. The minimum atomic E-state index is 1.14. The Morgan fingerprint density at radius 2 is 1.52 bits per heavy atom. The zero-order valence-corrected chi connectivity index (χ0v) is 16.4. The molecule has 0 aliphatic rings. The van der Waals surface area contributed by atoms with Gasteiger partial charge in [-0.2, -0.15) is 0 Å². The predicted molar refractivity (Wildman–Crippen MR) is 114 cm³/mol. The summed E-state index contributed by atoms with van der Waals surface area (Å²) < 4.78 is 0. The van der Waals surface area contributed by atoms with Crippen molar-refractivity contribution < 1.29 is 0 Å².